The molecule has 0 radical (unpaired) electrons. The van der Waals surface area contributed by atoms with E-state index in [1.165, 1.54) is 42.4 Å². The Morgan fingerprint density at radius 1 is 0.694 bits per heavy atom. The van der Waals surface area contributed by atoms with Gasteiger partial charge in [-0.05, 0) is 61.3 Å². The lowest BCUT2D eigenvalue weighted by atomic mass is 9.92. The number of nitrogens with zero attached hydrogens (tertiary/aromatic N) is 1. The van der Waals surface area contributed by atoms with Gasteiger partial charge < -0.3 is 9.79 Å². The molecule has 0 aliphatic carbocycles. The van der Waals surface area contributed by atoms with Gasteiger partial charge in [-0.2, -0.15) is 0 Å². The van der Waals surface area contributed by atoms with Crippen LogP contribution in [0.15, 0.2) is 60.7 Å². The highest BCUT2D eigenvalue weighted by Gasteiger charge is 2.14. The second kappa shape index (κ2) is 14.5. The van der Waals surface area contributed by atoms with Gasteiger partial charge in [-0.25, -0.2) is 0 Å². The molecule has 1 heterocycles. The molecule has 0 amide bonds. The third-order valence-electron chi connectivity index (χ3n) is 6.72. The minimum atomic E-state index is -3.90. The van der Waals surface area contributed by atoms with Crippen LogP contribution in [-0.4, -0.2) is 20.9 Å². The Morgan fingerprint density at radius 2 is 1.44 bits per heavy atom. The van der Waals surface area contributed by atoms with Crippen LogP contribution in [0.4, 0.5) is 0 Å². The molecular weight excluding hydrogens is 465 g/mol. The zero-order chi connectivity index (χ0) is 25.8. The summed E-state index contributed by atoms with van der Waals surface area (Å²) in [5.41, 5.74) is 8.45. The number of benzene rings is 2. The number of pyridine rings is 1. The van der Waals surface area contributed by atoms with Crippen molar-refractivity contribution in [3.05, 3.63) is 77.5 Å². The number of aryl methyl sites for hydroxylation is 3. The summed E-state index contributed by atoms with van der Waals surface area (Å²) in [4.78, 5) is 23.2. The molecule has 0 atom stereocenters. The molecule has 2 N–H and O–H groups in total. The molecule has 3 rings (SSSR count). The van der Waals surface area contributed by atoms with Crippen molar-refractivity contribution in [2.75, 3.05) is 6.16 Å². The van der Waals surface area contributed by atoms with E-state index in [0.717, 1.165) is 61.0 Å². The van der Waals surface area contributed by atoms with E-state index in [1.54, 1.807) is 0 Å². The first-order chi connectivity index (χ1) is 17.4. The number of hydrogen-bond donors (Lipinski definition) is 2. The summed E-state index contributed by atoms with van der Waals surface area (Å²) in [5.74, 6) is 0. The van der Waals surface area contributed by atoms with Crippen LogP contribution in [0.2, 0.25) is 0 Å². The van der Waals surface area contributed by atoms with Gasteiger partial charge in [0.05, 0.1) is 5.69 Å². The Morgan fingerprint density at radius 3 is 2.17 bits per heavy atom. The average Bonchev–Trinajstić information content (AvgIpc) is 2.87. The lowest BCUT2D eigenvalue weighted by Crippen LogP contribution is -1.99. The highest BCUT2D eigenvalue weighted by atomic mass is 31.2. The van der Waals surface area contributed by atoms with Crippen molar-refractivity contribution in [2.45, 2.75) is 84.5 Å². The van der Waals surface area contributed by atoms with E-state index < -0.39 is 7.60 Å². The van der Waals surface area contributed by atoms with Crippen LogP contribution >= 0.6 is 7.60 Å². The van der Waals surface area contributed by atoms with Gasteiger partial charge in [0.1, 0.15) is 0 Å². The summed E-state index contributed by atoms with van der Waals surface area (Å²) in [7, 11) is -3.90. The number of unbranched alkanes of at least 4 members (excludes halogenated alkanes) is 5. The van der Waals surface area contributed by atoms with E-state index in [0.29, 0.717) is 6.42 Å². The normalized spacial score (nSPS) is 11.7. The summed E-state index contributed by atoms with van der Waals surface area (Å²) in [6.07, 6.45) is 11.5. The minimum absolute atomic E-state index is 0.0384. The van der Waals surface area contributed by atoms with Crippen LogP contribution in [0.5, 0.6) is 0 Å². The van der Waals surface area contributed by atoms with Crippen molar-refractivity contribution in [1.29, 1.82) is 0 Å². The van der Waals surface area contributed by atoms with Crippen molar-refractivity contribution < 1.29 is 14.4 Å². The fourth-order valence-electron chi connectivity index (χ4n) is 4.77. The number of aromatic nitrogens is 1. The Labute approximate surface area is 217 Å². The SMILES string of the molecule is CCCCCCc1ccc(-c2ccc(CCCCCP(=O)(O)O)nc2-c2ccccc2)cc1CCC. The van der Waals surface area contributed by atoms with Gasteiger partial charge in [-0.15, -0.1) is 0 Å². The first-order valence-electron chi connectivity index (χ1n) is 13.6. The molecule has 0 spiro atoms. The molecule has 5 heteroatoms. The van der Waals surface area contributed by atoms with Gasteiger partial charge >= 0.3 is 7.60 Å². The fourth-order valence-corrected chi connectivity index (χ4v) is 5.41. The minimum Gasteiger partial charge on any atom is -0.324 e. The molecule has 0 bridgehead atoms. The maximum Gasteiger partial charge on any atom is 0.325 e. The second-order valence-corrected chi connectivity index (χ2v) is 11.6. The molecule has 0 aliphatic rings. The zero-order valence-electron chi connectivity index (χ0n) is 22.0. The van der Waals surface area contributed by atoms with Crippen molar-refractivity contribution in [3.8, 4) is 22.4 Å². The lowest BCUT2D eigenvalue weighted by Gasteiger charge is -2.15. The van der Waals surface area contributed by atoms with E-state index in [1.807, 2.05) is 6.07 Å². The molecule has 0 saturated carbocycles. The fraction of sp³-hybridized carbons (Fsp3) is 0.452. The Kier molecular flexibility index (Phi) is 11.4. The third kappa shape index (κ3) is 9.00. The molecule has 0 unspecified atom stereocenters. The first kappa shape index (κ1) is 28.3. The maximum absolute atomic E-state index is 11.1. The van der Waals surface area contributed by atoms with Crippen LogP contribution in [0.25, 0.3) is 22.4 Å². The molecule has 1 aromatic heterocycles. The van der Waals surface area contributed by atoms with Gasteiger partial charge in [-0.3, -0.25) is 9.55 Å². The third-order valence-corrected chi connectivity index (χ3v) is 7.62. The lowest BCUT2D eigenvalue weighted by molar-refractivity contribution is 0.371. The standard InChI is InChI=1S/C31H42NO3P/c1-3-5-6-9-15-25-19-20-28(24-27(25)14-4-2)30-22-21-29(18-12-8-13-23-36(33,34)35)32-31(30)26-16-10-7-11-17-26/h7,10-11,16-17,19-22,24H,3-6,8-9,12-15,18,23H2,1-2H3,(H2,33,34,35). The van der Waals surface area contributed by atoms with Crippen LogP contribution in [-0.2, 0) is 23.8 Å². The van der Waals surface area contributed by atoms with E-state index in [-0.39, 0.29) is 6.16 Å². The van der Waals surface area contributed by atoms with Crippen molar-refractivity contribution >= 4 is 7.60 Å². The summed E-state index contributed by atoms with van der Waals surface area (Å²) < 4.78 is 11.1. The van der Waals surface area contributed by atoms with Gasteiger partial charge in [0.15, 0.2) is 0 Å². The van der Waals surface area contributed by atoms with Crippen molar-refractivity contribution in [2.24, 2.45) is 0 Å². The number of rotatable bonds is 15. The molecule has 3 aromatic rings. The van der Waals surface area contributed by atoms with Crippen LogP contribution in [0.1, 0.15) is 82.0 Å². The first-order valence-corrected chi connectivity index (χ1v) is 15.4. The van der Waals surface area contributed by atoms with E-state index in [4.69, 9.17) is 14.8 Å². The molecule has 4 nitrogen and oxygen atoms in total. The highest BCUT2D eigenvalue weighted by molar-refractivity contribution is 7.51. The van der Waals surface area contributed by atoms with Gasteiger partial charge in [-0.1, -0.05) is 101 Å². The Balaban J connectivity index is 1.85. The molecule has 36 heavy (non-hydrogen) atoms. The molecule has 0 aliphatic heterocycles. The molecular formula is C31H42NO3P. The molecule has 0 fully saturated rings. The van der Waals surface area contributed by atoms with Gasteiger partial charge in [0.2, 0.25) is 0 Å². The largest absolute Gasteiger partial charge is 0.325 e. The summed E-state index contributed by atoms with van der Waals surface area (Å²) >= 11 is 0. The van der Waals surface area contributed by atoms with E-state index in [9.17, 15) is 4.57 Å². The Bertz CT molecular complexity index is 1120. The van der Waals surface area contributed by atoms with Crippen molar-refractivity contribution in [1.82, 2.24) is 4.98 Å². The topological polar surface area (TPSA) is 70.4 Å². The predicted octanol–water partition coefficient (Wildman–Crippen LogP) is 8.38. The summed E-state index contributed by atoms with van der Waals surface area (Å²) in [6, 6.07) is 21.7. The molecule has 2 aromatic carbocycles. The highest BCUT2D eigenvalue weighted by Crippen LogP contribution is 2.36. The van der Waals surface area contributed by atoms with E-state index in [2.05, 4.69) is 68.4 Å². The van der Waals surface area contributed by atoms with Crippen LogP contribution < -0.4 is 0 Å². The Hall–Kier alpha value is -2.26. The maximum atomic E-state index is 11.1. The molecule has 194 valence electrons. The predicted molar refractivity (Wildman–Crippen MR) is 151 cm³/mol. The monoisotopic (exact) mass is 507 g/mol. The zero-order valence-corrected chi connectivity index (χ0v) is 22.9. The average molecular weight is 508 g/mol. The van der Waals surface area contributed by atoms with E-state index >= 15 is 0 Å². The summed E-state index contributed by atoms with van der Waals surface area (Å²) in [6.45, 7) is 4.51. The quantitative estimate of drug-likeness (QED) is 0.160. The van der Waals surface area contributed by atoms with Crippen LogP contribution in [0.3, 0.4) is 0 Å². The van der Waals surface area contributed by atoms with Gasteiger partial charge in [0.25, 0.3) is 0 Å². The number of hydrogen-bond acceptors (Lipinski definition) is 2. The molecule has 0 saturated heterocycles. The van der Waals surface area contributed by atoms with Gasteiger partial charge in [0, 0.05) is 23.0 Å². The summed E-state index contributed by atoms with van der Waals surface area (Å²) in [5, 5.41) is 0. The van der Waals surface area contributed by atoms with Crippen LogP contribution in [0, 0.1) is 0 Å². The second-order valence-electron chi connectivity index (χ2n) is 9.81. The van der Waals surface area contributed by atoms with Crippen molar-refractivity contribution in [3.63, 3.8) is 0 Å². The smallest absolute Gasteiger partial charge is 0.324 e.